The van der Waals surface area contributed by atoms with E-state index in [1.165, 1.54) is 28.8 Å². The van der Waals surface area contributed by atoms with Crippen LogP contribution < -0.4 is 10.9 Å². The summed E-state index contributed by atoms with van der Waals surface area (Å²) >= 11 is 2.77. The lowest BCUT2D eigenvalue weighted by molar-refractivity contribution is -0.113. The van der Waals surface area contributed by atoms with Crippen molar-refractivity contribution in [1.29, 1.82) is 0 Å². The van der Waals surface area contributed by atoms with E-state index in [1.54, 1.807) is 40.4 Å². The number of anilines is 1. The molecule has 5 rings (SSSR count). The maximum absolute atomic E-state index is 13.9. The van der Waals surface area contributed by atoms with Gasteiger partial charge in [-0.25, -0.2) is 9.37 Å². The molecular formula is C24H21FN4O2S2. The van der Waals surface area contributed by atoms with Crippen molar-refractivity contribution in [3.63, 3.8) is 0 Å². The monoisotopic (exact) mass is 480 g/mol. The van der Waals surface area contributed by atoms with Gasteiger partial charge in [0.2, 0.25) is 5.91 Å². The molecule has 1 aromatic carbocycles. The molecule has 0 atom stereocenters. The third-order valence-electron chi connectivity index (χ3n) is 5.61. The maximum Gasteiger partial charge on any atom is 0.263 e. The molecule has 3 aromatic heterocycles. The van der Waals surface area contributed by atoms with Crippen LogP contribution >= 0.6 is 23.1 Å². The summed E-state index contributed by atoms with van der Waals surface area (Å²) in [5, 5.41) is 3.78. The minimum absolute atomic E-state index is 0.00765. The quantitative estimate of drug-likeness (QED) is 0.321. The number of aromatic nitrogens is 3. The molecule has 33 heavy (non-hydrogen) atoms. The van der Waals surface area contributed by atoms with Gasteiger partial charge < -0.3 is 5.32 Å². The number of hydrogen-bond acceptors (Lipinski definition) is 6. The Labute approximate surface area is 197 Å². The van der Waals surface area contributed by atoms with E-state index in [9.17, 15) is 14.0 Å². The van der Waals surface area contributed by atoms with Crippen molar-refractivity contribution in [1.82, 2.24) is 14.5 Å². The molecule has 3 heterocycles. The van der Waals surface area contributed by atoms with E-state index in [2.05, 4.69) is 10.3 Å². The SMILES string of the molecule is O=C(CSc1nc2sc3c(c2c(=O)n1Cc1ccncc1)CCCC3)Nc1ccccc1F. The lowest BCUT2D eigenvalue weighted by Crippen LogP contribution is -2.25. The Morgan fingerprint density at radius 2 is 1.94 bits per heavy atom. The van der Waals surface area contributed by atoms with Gasteiger partial charge in [0.1, 0.15) is 10.6 Å². The molecule has 0 saturated carbocycles. The van der Waals surface area contributed by atoms with Gasteiger partial charge in [-0.3, -0.25) is 19.1 Å². The number of nitrogens with zero attached hydrogens (tertiary/aromatic N) is 3. The number of thiophene rings is 1. The molecule has 1 aliphatic rings. The number of carbonyl (C=O) groups excluding carboxylic acids is 1. The van der Waals surface area contributed by atoms with Gasteiger partial charge >= 0.3 is 0 Å². The number of thioether (sulfide) groups is 1. The Bertz CT molecular complexity index is 1380. The van der Waals surface area contributed by atoms with Gasteiger partial charge in [-0.2, -0.15) is 0 Å². The minimum atomic E-state index is -0.492. The van der Waals surface area contributed by atoms with Crippen LogP contribution in [0.5, 0.6) is 0 Å². The van der Waals surface area contributed by atoms with Crippen molar-refractivity contribution in [2.75, 3.05) is 11.1 Å². The summed E-state index contributed by atoms with van der Waals surface area (Å²) in [6.45, 7) is 0.339. The Morgan fingerprint density at radius 3 is 2.76 bits per heavy atom. The number of para-hydroxylation sites is 1. The molecule has 0 fully saturated rings. The van der Waals surface area contributed by atoms with Crippen LogP contribution in [0.4, 0.5) is 10.1 Å². The molecule has 0 radical (unpaired) electrons. The molecule has 1 amide bonds. The topological polar surface area (TPSA) is 76.9 Å². The van der Waals surface area contributed by atoms with Gasteiger partial charge in [0.15, 0.2) is 5.16 Å². The predicted octanol–water partition coefficient (Wildman–Crippen LogP) is 4.65. The first-order chi connectivity index (χ1) is 16.1. The molecular weight excluding hydrogens is 459 g/mol. The molecule has 0 bridgehead atoms. The fourth-order valence-electron chi connectivity index (χ4n) is 4.02. The number of hydrogen-bond donors (Lipinski definition) is 1. The van der Waals surface area contributed by atoms with Gasteiger partial charge in [-0.15, -0.1) is 11.3 Å². The number of fused-ring (bicyclic) bond motifs is 3. The summed E-state index contributed by atoms with van der Waals surface area (Å²) in [7, 11) is 0. The fourth-order valence-corrected chi connectivity index (χ4v) is 6.12. The third kappa shape index (κ3) is 4.56. The number of amides is 1. The lowest BCUT2D eigenvalue weighted by Gasteiger charge is -2.14. The lowest BCUT2D eigenvalue weighted by atomic mass is 9.97. The summed E-state index contributed by atoms with van der Waals surface area (Å²) in [6, 6.07) is 9.75. The smallest absolute Gasteiger partial charge is 0.263 e. The standard InChI is InChI=1S/C24H21FN4O2S2/c25-17-6-2-3-7-18(17)27-20(30)14-32-24-28-22-21(16-5-1-4-8-19(16)33-22)23(31)29(24)13-15-9-11-26-12-10-15/h2-3,6-7,9-12H,1,4-5,8,13-14H2,(H,27,30). The zero-order valence-corrected chi connectivity index (χ0v) is 19.3. The predicted molar refractivity (Wildman–Crippen MR) is 130 cm³/mol. The van der Waals surface area contributed by atoms with E-state index >= 15 is 0 Å². The molecule has 0 spiro atoms. The number of halogens is 1. The number of carbonyl (C=O) groups is 1. The van der Waals surface area contributed by atoms with E-state index in [0.717, 1.165) is 41.6 Å². The van der Waals surface area contributed by atoms with Crippen LogP contribution in [0.1, 0.15) is 28.8 Å². The highest BCUT2D eigenvalue weighted by Gasteiger charge is 2.23. The number of pyridine rings is 1. The van der Waals surface area contributed by atoms with Gasteiger partial charge in [0.05, 0.1) is 23.4 Å². The third-order valence-corrected chi connectivity index (χ3v) is 7.77. The summed E-state index contributed by atoms with van der Waals surface area (Å²) in [5.74, 6) is -0.845. The molecule has 4 aromatic rings. The molecule has 1 N–H and O–H groups in total. The van der Waals surface area contributed by atoms with Gasteiger partial charge in [0.25, 0.3) is 5.56 Å². The van der Waals surface area contributed by atoms with Crippen LogP contribution in [0.2, 0.25) is 0 Å². The van der Waals surface area contributed by atoms with Gasteiger partial charge in [-0.1, -0.05) is 23.9 Å². The highest BCUT2D eigenvalue weighted by atomic mass is 32.2. The van der Waals surface area contributed by atoms with Crippen LogP contribution in [0.15, 0.2) is 58.7 Å². The maximum atomic E-state index is 13.9. The molecule has 168 valence electrons. The van der Waals surface area contributed by atoms with Crippen molar-refractivity contribution < 1.29 is 9.18 Å². The summed E-state index contributed by atoms with van der Waals surface area (Å²) in [5.41, 5.74) is 2.12. The average Bonchev–Trinajstić information content (AvgIpc) is 3.20. The Morgan fingerprint density at radius 1 is 1.15 bits per heavy atom. The van der Waals surface area contributed by atoms with Gasteiger partial charge in [0, 0.05) is 17.3 Å². The zero-order valence-electron chi connectivity index (χ0n) is 17.7. The Balaban J connectivity index is 1.48. The average molecular weight is 481 g/mol. The number of rotatable bonds is 6. The second-order valence-corrected chi connectivity index (χ2v) is 9.88. The number of nitrogens with one attached hydrogen (secondary N) is 1. The van der Waals surface area contributed by atoms with Crippen LogP contribution in [0.3, 0.4) is 0 Å². The molecule has 9 heteroatoms. The second kappa shape index (κ2) is 9.44. The second-order valence-electron chi connectivity index (χ2n) is 7.85. The van der Waals surface area contributed by atoms with Gasteiger partial charge in [-0.05, 0) is 61.1 Å². The fraction of sp³-hybridized carbons (Fsp3) is 0.250. The summed E-state index contributed by atoms with van der Waals surface area (Å²) in [4.78, 5) is 36.9. The van der Waals surface area contributed by atoms with Crippen molar-refractivity contribution in [2.45, 2.75) is 37.4 Å². The number of benzene rings is 1. The highest BCUT2D eigenvalue weighted by Crippen LogP contribution is 2.34. The van der Waals surface area contributed by atoms with Crippen molar-refractivity contribution in [3.8, 4) is 0 Å². The van der Waals surface area contributed by atoms with E-state index in [-0.39, 0.29) is 22.9 Å². The first kappa shape index (κ1) is 21.8. The van der Waals surface area contributed by atoms with Crippen molar-refractivity contribution >= 4 is 44.9 Å². The van der Waals surface area contributed by atoms with Crippen molar-refractivity contribution in [2.24, 2.45) is 0 Å². The summed E-state index contributed by atoms with van der Waals surface area (Å²) < 4.78 is 15.5. The van der Waals surface area contributed by atoms with Crippen LogP contribution in [0.25, 0.3) is 10.2 Å². The van der Waals surface area contributed by atoms with Crippen LogP contribution in [0, 0.1) is 5.82 Å². The van der Waals surface area contributed by atoms with E-state index < -0.39 is 5.82 Å². The first-order valence-corrected chi connectivity index (χ1v) is 12.5. The summed E-state index contributed by atoms with van der Waals surface area (Å²) in [6.07, 6.45) is 7.46. The van der Waals surface area contributed by atoms with Crippen molar-refractivity contribution in [3.05, 3.63) is 81.0 Å². The highest BCUT2D eigenvalue weighted by molar-refractivity contribution is 7.99. The number of aryl methyl sites for hydroxylation is 2. The van der Waals surface area contributed by atoms with E-state index in [4.69, 9.17) is 4.98 Å². The normalized spacial score (nSPS) is 13.1. The van der Waals surface area contributed by atoms with Crippen LogP contribution in [-0.4, -0.2) is 26.2 Å². The molecule has 1 aliphatic carbocycles. The molecule has 0 aliphatic heterocycles. The van der Waals surface area contributed by atoms with E-state index in [1.807, 2.05) is 12.1 Å². The minimum Gasteiger partial charge on any atom is -0.323 e. The molecule has 0 saturated heterocycles. The first-order valence-electron chi connectivity index (χ1n) is 10.7. The molecule has 6 nitrogen and oxygen atoms in total. The Kier molecular flexibility index (Phi) is 6.24. The molecule has 0 unspecified atom stereocenters. The largest absolute Gasteiger partial charge is 0.323 e. The van der Waals surface area contributed by atoms with E-state index in [0.29, 0.717) is 17.1 Å². The zero-order chi connectivity index (χ0) is 22.8. The Hall–Kier alpha value is -3.04. The van der Waals surface area contributed by atoms with Crippen LogP contribution in [-0.2, 0) is 24.2 Å².